The van der Waals surface area contributed by atoms with E-state index in [1.165, 1.54) is 24.3 Å². The summed E-state index contributed by atoms with van der Waals surface area (Å²) in [5.41, 5.74) is 0.0598. The number of alkyl halides is 1. The monoisotopic (exact) mass is 418 g/mol. The lowest BCUT2D eigenvalue weighted by Crippen LogP contribution is -2.30. The Morgan fingerprint density at radius 1 is 0.871 bits per heavy atom. The van der Waals surface area contributed by atoms with Gasteiger partial charge in [-0.1, -0.05) is 36.4 Å². The van der Waals surface area contributed by atoms with Crippen LogP contribution in [0, 0.1) is 11.6 Å². The molecule has 1 aromatic heterocycles. The minimum atomic E-state index is -1.96. The van der Waals surface area contributed by atoms with Crippen molar-refractivity contribution >= 4 is 21.7 Å². The SMILES string of the molecule is OC(CF)(c1ccc2c(cnn2-c2ccc(F)cc2)c1)c1ccc(F)c2ccccc12. The first-order valence-corrected chi connectivity index (χ1v) is 9.71. The van der Waals surface area contributed by atoms with Crippen LogP contribution < -0.4 is 0 Å². The van der Waals surface area contributed by atoms with Gasteiger partial charge in [0.15, 0.2) is 0 Å². The smallest absolute Gasteiger partial charge is 0.143 e. The number of nitrogens with zero attached hydrogens (tertiary/aromatic N) is 2. The molecule has 0 bridgehead atoms. The second-order valence-corrected chi connectivity index (χ2v) is 7.44. The lowest BCUT2D eigenvalue weighted by molar-refractivity contribution is 0.0533. The highest BCUT2D eigenvalue weighted by molar-refractivity contribution is 5.88. The Morgan fingerprint density at radius 2 is 1.61 bits per heavy atom. The molecule has 6 heteroatoms. The molecule has 0 spiro atoms. The zero-order valence-corrected chi connectivity index (χ0v) is 16.3. The van der Waals surface area contributed by atoms with E-state index in [1.807, 2.05) is 0 Å². The third-order valence-electron chi connectivity index (χ3n) is 5.63. The van der Waals surface area contributed by atoms with E-state index in [0.717, 1.165) is 5.52 Å². The summed E-state index contributed by atoms with van der Waals surface area (Å²) in [6, 6.07) is 20.3. The number of hydrogen-bond donors (Lipinski definition) is 1. The molecule has 0 radical (unpaired) electrons. The summed E-state index contributed by atoms with van der Waals surface area (Å²) in [5, 5.41) is 17.2. The van der Waals surface area contributed by atoms with Crippen LogP contribution in [0.4, 0.5) is 13.2 Å². The Kier molecular flexibility index (Phi) is 4.52. The Bertz CT molecular complexity index is 1410. The van der Waals surface area contributed by atoms with Crippen LogP contribution in [0.2, 0.25) is 0 Å². The molecular weight excluding hydrogens is 401 g/mol. The van der Waals surface area contributed by atoms with Gasteiger partial charge in [0, 0.05) is 10.8 Å². The molecule has 0 saturated heterocycles. The van der Waals surface area contributed by atoms with E-state index in [0.29, 0.717) is 27.4 Å². The largest absolute Gasteiger partial charge is 0.378 e. The first-order chi connectivity index (χ1) is 15.0. The number of fused-ring (bicyclic) bond motifs is 2. The Balaban J connectivity index is 1.66. The van der Waals surface area contributed by atoms with E-state index in [4.69, 9.17) is 0 Å². The number of benzene rings is 4. The van der Waals surface area contributed by atoms with Crippen molar-refractivity contribution in [3.05, 3.63) is 108 Å². The molecule has 1 heterocycles. The third-order valence-corrected chi connectivity index (χ3v) is 5.63. The second-order valence-electron chi connectivity index (χ2n) is 7.44. The van der Waals surface area contributed by atoms with Crippen molar-refractivity contribution < 1.29 is 18.3 Å². The maximum atomic E-state index is 14.3. The zero-order valence-electron chi connectivity index (χ0n) is 16.3. The summed E-state index contributed by atoms with van der Waals surface area (Å²) in [5.74, 6) is -0.779. The molecule has 31 heavy (non-hydrogen) atoms. The van der Waals surface area contributed by atoms with Crippen molar-refractivity contribution in [1.82, 2.24) is 9.78 Å². The number of rotatable bonds is 4. The van der Waals surface area contributed by atoms with E-state index < -0.39 is 18.1 Å². The van der Waals surface area contributed by atoms with Gasteiger partial charge in [-0.3, -0.25) is 0 Å². The lowest BCUT2D eigenvalue weighted by Gasteiger charge is -2.28. The first kappa shape index (κ1) is 19.3. The molecule has 3 nitrogen and oxygen atoms in total. The summed E-state index contributed by atoms with van der Waals surface area (Å²) in [4.78, 5) is 0. The maximum absolute atomic E-state index is 14.3. The average Bonchev–Trinajstić information content (AvgIpc) is 3.23. The Morgan fingerprint density at radius 3 is 2.35 bits per heavy atom. The summed E-state index contributed by atoms with van der Waals surface area (Å²) in [6.45, 7) is -1.08. The van der Waals surface area contributed by atoms with Crippen LogP contribution in [0.15, 0.2) is 85.1 Å². The van der Waals surface area contributed by atoms with E-state index >= 15 is 0 Å². The van der Waals surface area contributed by atoms with Crippen molar-refractivity contribution in [2.45, 2.75) is 5.60 Å². The average molecular weight is 418 g/mol. The number of aromatic nitrogens is 2. The molecule has 0 amide bonds. The van der Waals surface area contributed by atoms with Crippen LogP contribution in [0.25, 0.3) is 27.4 Å². The van der Waals surface area contributed by atoms with Crippen molar-refractivity contribution in [3.8, 4) is 5.69 Å². The molecule has 0 aliphatic heterocycles. The lowest BCUT2D eigenvalue weighted by atomic mass is 9.84. The molecule has 0 fully saturated rings. The molecule has 0 aliphatic carbocycles. The number of halogens is 3. The van der Waals surface area contributed by atoms with E-state index in [1.54, 1.807) is 65.5 Å². The first-order valence-electron chi connectivity index (χ1n) is 9.71. The van der Waals surface area contributed by atoms with Gasteiger partial charge in [0.1, 0.15) is 23.9 Å². The van der Waals surface area contributed by atoms with Crippen LogP contribution in [-0.2, 0) is 5.60 Å². The van der Waals surface area contributed by atoms with E-state index in [-0.39, 0.29) is 11.4 Å². The fourth-order valence-electron chi connectivity index (χ4n) is 4.01. The molecule has 1 unspecified atom stereocenters. The molecule has 0 saturated carbocycles. The van der Waals surface area contributed by atoms with E-state index in [2.05, 4.69) is 5.10 Å². The highest BCUT2D eigenvalue weighted by atomic mass is 19.1. The normalized spacial score (nSPS) is 13.5. The zero-order chi connectivity index (χ0) is 21.6. The van der Waals surface area contributed by atoms with Gasteiger partial charge in [-0.25, -0.2) is 17.9 Å². The quantitative estimate of drug-likeness (QED) is 0.409. The summed E-state index contributed by atoms with van der Waals surface area (Å²) >= 11 is 0. The van der Waals surface area contributed by atoms with Gasteiger partial charge in [-0.05, 0) is 59.0 Å². The van der Waals surface area contributed by atoms with Crippen LogP contribution in [0.5, 0.6) is 0 Å². The third kappa shape index (κ3) is 3.07. The van der Waals surface area contributed by atoms with Gasteiger partial charge < -0.3 is 5.11 Å². The standard InChI is InChI=1S/C25H17F3N2O/c26-15-25(31,22-10-11-23(28)21-4-2-1-3-20(21)22)17-5-12-24-16(13-17)14-29-30(24)19-8-6-18(27)7-9-19/h1-14,31H,15H2. The predicted octanol–water partition coefficient (Wildman–Crippen LogP) is 5.66. The molecule has 4 aromatic carbocycles. The summed E-state index contributed by atoms with van der Waals surface area (Å²) in [6.07, 6.45) is 1.60. The summed E-state index contributed by atoms with van der Waals surface area (Å²) in [7, 11) is 0. The highest BCUT2D eigenvalue weighted by Gasteiger charge is 2.34. The maximum Gasteiger partial charge on any atom is 0.143 e. The Hall–Kier alpha value is -3.64. The minimum absolute atomic E-state index is 0.289. The summed E-state index contributed by atoms with van der Waals surface area (Å²) < 4.78 is 43.5. The molecular formula is C25H17F3N2O. The number of hydrogen-bond acceptors (Lipinski definition) is 2. The Labute approximate surface area is 176 Å². The van der Waals surface area contributed by atoms with Gasteiger partial charge in [-0.2, -0.15) is 5.10 Å². The van der Waals surface area contributed by atoms with Crippen molar-refractivity contribution in [2.24, 2.45) is 0 Å². The van der Waals surface area contributed by atoms with Gasteiger partial charge in [0.2, 0.25) is 0 Å². The van der Waals surface area contributed by atoms with Crippen LogP contribution >= 0.6 is 0 Å². The minimum Gasteiger partial charge on any atom is -0.378 e. The molecule has 5 rings (SSSR count). The molecule has 1 atom stereocenters. The van der Waals surface area contributed by atoms with Gasteiger partial charge in [0.05, 0.1) is 17.4 Å². The molecule has 0 aliphatic rings. The second kappa shape index (κ2) is 7.25. The van der Waals surface area contributed by atoms with Crippen molar-refractivity contribution in [3.63, 3.8) is 0 Å². The molecule has 5 aromatic rings. The fourth-order valence-corrected chi connectivity index (χ4v) is 4.01. The number of aliphatic hydroxyl groups is 1. The van der Waals surface area contributed by atoms with E-state index in [9.17, 15) is 18.3 Å². The van der Waals surface area contributed by atoms with Crippen molar-refractivity contribution in [1.29, 1.82) is 0 Å². The molecule has 154 valence electrons. The van der Waals surface area contributed by atoms with Gasteiger partial charge in [-0.15, -0.1) is 0 Å². The fraction of sp³-hybridized carbons (Fsp3) is 0.0800. The predicted molar refractivity (Wildman–Crippen MR) is 114 cm³/mol. The molecule has 1 N–H and O–H groups in total. The van der Waals surface area contributed by atoms with Gasteiger partial charge in [0.25, 0.3) is 0 Å². The van der Waals surface area contributed by atoms with Crippen molar-refractivity contribution in [2.75, 3.05) is 6.67 Å². The topological polar surface area (TPSA) is 38.1 Å². The highest BCUT2D eigenvalue weighted by Crippen LogP contribution is 2.37. The van der Waals surface area contributed by atoms with Crippen LogP contribution in [0.3, 0.4) is 0 Å². The van der Waals surface area contributed by atoms with Crippen LogP contribution in [0.1, 0.15) is 11.1 Å². The van der Waals surface area contributed by atoms with Crippen LogP contribution in [-0.4, -0.2) is 21.6 Å². The van der Waals surface area contributed by atoms with Gasteiger partial charge >= 0.3 is 0 Å².